The van der Waals surface area contributed by atoms with Crippen molar-refractivity contribution >= 4 is 17.3 Å². The zero-order chi connectivity index (χ0) is 19.5. The van der Waals surface area contributed by atoms with Crippen molar-refractivity contribution in [2.75, 3.05) is 13.2 Å². The number of hydrogen-bond donors (Lipinski definition) is 0. The van der Waals surface area contributed by atoms with Crippen LogP contribution >= 0.6 is 11.6 Å². The van der Waals surface area contributed by atoms with Gasteiger partial charge in [-0.15, -0.1) is 10.2 Å². The fraction of sp³-hybridized carbons (Fsp3) is 0.286. The van der Waals surface area contributed by atoms with E-state index in [2.05, 4.69) is 10.2 Å². The van der Waals surface area contributed by atoms with E-state index < -0.39 is 6.29 Å². The first-order valence-corrected chi connectivity index (χ1v) is 9.68. The Kier molecular flexibility index (Phi) is 5.52. The second kappa shape index (κ2) is 8.22. The van der Waals surface area contributed by atoms with Crippen LogP contribution in [0.25, 0.3) is 5.69 Å². The molecule has 1 aliphatic rings. The minimum atomic E-state index is -0.599. The first kappa shape index (κ1) is 18.8. The first-order valence-electron chi connectivity index (χ1n) is 9.30. The lowest BCUT2D eigenvalue weighted by molar-refractivity contribution is -0.146. The van der Waals surface area contributed by atoms with Crippen LogP contribution in [0.1, 0.15) is 42.9 Å². The van der Waals surface area contributed by atoms with Gasteiger partial charge in [0.05, 0.1) is 11.4 Å². The van der Waals surface area contributed by atoms with Crippen molar-refractivity contribution in [2.24, 2.45) is 4.99 Å². The van der Waals surface area contributed by atoms with E-state index in [4.69, 9.17) is 26.1 Å². The molecule has 2 heterocycles. The molecule has 0 N–H and O–H groups in total. The Balaban J connectivity index is 1.90. The molecule has 144 valence electrons. The van der Waals surface area contributed by atoms with E-state index in [-0.39, 0.29) is 0 Å². The molecule has 1 aliphatic heterocycles. The van der Waals surface area contributed by atoms with Gasteiger partial charge in [0, 0.05) is 29.4 Å². The lowest BCUT2D eigenvalue weighted by Crippen LogP contribution is -2.16. The van der Waals surface area contributed by atoms with Gasteiger partial charge in [-0.1, -0.05) is 41.9 Å². The largest absolute Gasteiger partial charge is 0.346 e. The highest BCUT2D eigenvalue weighted by Crippen LogP contribution is 2.30. The summed E-state index contributed by atoms with van der Waals surface area (Å²) < 4.78 is 13.5. The van der Waals surface area contributed by atoms with Crippen LogP contribution in [-0.2, 0) is 16.0 Å². The van der Waals surface area contributed by atoms with Crippen molar-refractivity contribution < 1.29 is 9.47 Å². The molecule has 0 aliphatic carbocycles. The normalized spacial score (nSPS) is 13.1. The van der Waals surface area contributed by atoms with Crippen LogP contribution < -0.4 is 0 Å². The van der Waals surface area contributed by atoms with E-state index in [9.17, 15) is 0 Å². The van der Waals surface area contributed by atoms with Crippen LogP contribution in [-0.4, -0.2) is 33.7 Å². The van der Waals surface area contributed by atoms with Gasteiger partial charge in [0.1, 0.15) is 6.54 Å². The van der Waals surface area contributed by atoms with Gasteiger partial charge in [-0.2, -0.15) is 0 Å². The van der Waals surface area contributed by atoms with E-state index in [1.165, 1.54) is 0 Å². The van der Waals surface area contributed by atoms with Crippen LogP contribution in [0.5, 0.6) is 0 Å². The molecular weight excluding hydrogens is 376 g/mol. The number of rotatable bonds is 6. The summed E-state index contributed by atoms with van der Waals surface area (Å²) in [5.41, 5.74) is 3.73. The highest BCUT2D eigenvalue weighted by atomic mass is 35.5. The summed E-state index contributed by atoms with van der Waals surface area (Å²) >= 11 is 6.34. The van der Waals surface area contributed by atoms with Crippen molar-refractivity contribution in [2.45, 2.75) is 26.7 Å². The van der Waals surface area contributed by atoms with Gasteiger partial charge in [0.15, 0.2) is 11.6 Å². The maximum absolute atomic E-state index is 6.34. The van der Waals surface area contributed by atoms with E-state index in [0.717, 1.165) is 28.4 Å². The SMILES string of the molecule is CCOC(OCC)c1nnc2n1-c1ccc(Cl)cc1C(c1ccccc1)=NC2. The summed E-state index contributed by atoms with van der Waals surface area (Å²) in [6.45, 7) is 5.26. The molecule has 6 nitrogen and oxygen atoms in total. The molecule has 1 aromatic heterocycles. The molecule has 0 unspecified atom stereocenters. The zero-order valence-corrected chi connectivity index (χ0v) is 16.6. The van der Waals surface area contributed by atoms with Crippen LogP contribution in [0.3, 0.4) is 0 Å². The smallest absolute Gasteiger partial charge is 0.219 e. The summed E-state index contributed by atoms with van der Waals surface area (Å²) in [7, 11) is 0. The van der Waals surface area contributed by atoms with Crippen molar-refractivity contribution in [1.29, 1.82) is 0 Å². The number of benzene rings is 2. The molecule has 7 heteroatoms. The zero-order valence-electron chi connectivity index (χ0n) is 15.8. The third-order valence-corrected chi connectivity index (χ3v) is 4.72. The van der Waals surface area contributed by atoms with Crippen molar-refractivity contribution in [1.82, 2.24) is 14.8 Å². The molecule has 2 aromatic carbocycles. The Morgan fingerprint density at radius 1 is 1.04 bits per heavy atom. The number of nitrogens with zero attached hydrogens (tertiary/aromatic N) is 4. The summed E-state index contributed by atoms with van der Waals surface area (Å²) in [6.07, 6.45) is -0.599. The van der Waals surface area contributed by atoms with Gasteiger partial charge in [-0.3, -0.25) is 9.56 Å². The number of hydrogen-bond acceptors (Lipinski definition) is 5. The second-order valence-electron chi connectivity index (χ2n) is 6.24. The molecule has 0 spiro atoms. The van der Waals surface area contributed by atoms with Crippen LogP contribution in [0.2, 0.25) is 5.02 Å². The van der Waals surface area contributed by atoms with Gasteiger partial charge >= 0.3 is 0 Å². The average molecular weight is 397 g/mol. The first-order chi connectivity index (χ1) is 13.7. The molecule has 4 rings (SSSR count). The summed E-state index contributed by atoms with van der Waals surface area (Å²) in [6, 6.07) is 15.8. The summed E-state index contributed by atoms with van der Waals surface area (Å²) in [4.78, 5) is 4.83. The van der Waals surface area contributed by atoms with Gasteiger partial charge in [0.25, 0.3) is 0 Å². The molecule has 0 amide bonds. The minimum absolute atomic E-state index is 0.397. The second-order valence-corrected chi connectivity index (χ2v) is 6.68. The minimum Gasteiger partial charge on any atom is -0.346 e. The number of halogens is 1. The number of fused-ring (bicyclic) bond motifs is 3. The Morgan fingerprint density at radius 3 is 2.50 bits per heavy atom. The third kappa shape index (κ3) is 3.46. The molecule has 3 aromatic rings. The van der Waals surface area contributed by atoms with Gasteiger partial charge in [0.2, 0.25) is 6.29 Å². The molecule has 0 fully saturated rings. The standard InChI is InChI=1S/C21H21ClN4O2/c1-3-27-21(28-4-2)20-25-24-18-13-23-19(14-8-6-5-7-9-14)16-12-15(22)10-11-17(16)26(18)20/h5-12,21H,3-4,13H2,1-2H3. The Labute approximate surface area is 168 Å². The molecule has 28 heavy (non-hydrogen) atoms. The number of aromatic nitrogens is 3. The van der Waals surface area contributed by atoms with E-state index in [1.54, 1.807) is 0 Å². The third-order valence-electron chi connectivity index (χ3n) is 4.48. The van der Waals surface area contributed by atoms with Crippen molar-refractivity contribution in [3.63, 3.8) is 0 Å². The molecule has 0 atom stereocenters. The molecule has 0 bridgehead atoms. The van der Waals surface area contributed by atoms with Crippen LogP contribution in [0, 0.1) is 0 Å². The fourth-order valence-electron chi connectivity index (χ4n) is 3.32. The number of aliphatic imine (C=N–C) groups is 1. The Hall–Kier alpha value is -2.54. The maximum Gasteiger partial charge on any atom is 0.219 e. The monoisotopic (exact) mass is 396 g/mol. The molecule has 0 radical (unpaired) electrons. The van der Waals surface area contributed by atoms with Crippen LogP contribution in [0.15, 0.2) is 53.5 Å². The predicted molar refractivity (Wildman–Crippen MR) is 108 cm³/mol. The van der Waals surface area contributed by atoms with E-state index in [0.29, 0.717) is 30.6 Å². The van der Waals surface area contributed by atoms with Crippen molar-refractivity contribution in [3.05, 3.63) is 76.3 Å². The van der Waals surface area contributed by atoms with Crippen LogP contribution in [0.4, 0.5) is 0 Å². The Morgan fingerprint density at radius 2 is 1.79 bits per heavy atom. The fourth-order valence-corrected chi connectivity index (χ4v) is 3.49. The lowest BCUT2D eigenvalue weighted by atomic mass is 10.0. The number of ether oxygens (including phenoxy) is 2. The van der Waals surface area contributed by atoms with Gasteiger partial charge in [-0.25, -0.2) is 0 Å². The Bertz CT molecular complexity index is 995. The average Bonchev–Trinajstić information content (AvgIpc) is 3.06. The highest BCUT2D eigenvalue weighted by molar-refractivity contribution is 6.31. The lowest BCUT2D eigenvalue weighted by Gasteiger charge is -2.19. The van der Waals surface area contributed by atoms with Gasteiger partial charge in [-0.05, 0) is 32.0 Å². The highest BCUT2D eigenvalue weighted by Gasteiger charge is 2.27. The molecule has 0 saturated carbocycles. The topological polar surface area (TPSA) is 61.5 Å². The van der Waals surface area contributed by atoms with Crippen molar-refractivity contribution in [3.8, 4) is 5.69 Å². The predicted octanol–water partition coefficient (Wildman–Crippen LogP) is 4.34. The summed E-state index contributed by atoms with van der Waals surface area (Å²) in [5.74, 6) is 1.33. The summed E-state index contributed by atoms with van der Waals surface area (Å²) in [5, 5.41) is 9.37. The molecular formula is C21H21ClN4O2. The molecule has 0 saturated heterocycles. The van der Waals surface area contributed by atoms with E-state index >= 15 is 0 Å². The maximum atomic E-state index is 6.34. The van der Waals surface area contributed by atoms with E-state index in [1.807, 2.05) is 66.9 Å². The van der Waals surface area contributed by atoms with Gasteiger partial charge < -0.3 is 9.47 Å². The quantitative estimate of drug-likeness (QED) is 0.581.